The Morgan fingerprint density at radius 2 is 1.24 bits per heavy atom. The predicted octanol–water partition coefficient (Wildman–Crippen LogP) is 9.50. The number of amides is 2. The second-order valence-corrected chi connectivity index (χ2v) is 19.4. The van der Waals surface area contributed by atoms with Crippen molar-refractivity contribution in [2.24, 2.45) is 0 Å². The highest BCUT2D eigenvalue weighted by molar-refractivity contribution is 7.47. The third-order valence-electron chi connectivity index (χ3n) is 11.6. The van der Waals surface area contributed by atoms with E-state index < -0.39 is 45.2 Å². The van der Waals surface area contributed by atoms with Crippen LogP contribution in [-0.2, 0) is 56.4 Å². The maximum Gasteiger partial charge on any atom is 0.472 e. The molecule has 2 aromatic heterocycles. The summed E-state index contributed by atoms with van der Waals surface area (Å²) in [5.74, 6) is -1.05. The highest BCUT2D eigenvalue weighted by Crippen LogP contribution is 2.43. The van der Waals surface area contributed by atoms with E-state index in [4.69, 9.17) is 47.2 Å². The Bertz CT molecular complexity index is 2310. The fourth-order valence-corrected chi connectivity index (χ4v) is 8.41. The number of para-hydroxylation sites is 2. The van der Waals surface area contributed by atoms with E-state index in [9.17, 15) is 28.6 Å². The Hall–Kier alpha value is -5.60. The van der Waals surface area contributed by atoms with Gasteiger partial charge in [-0.15, -0.1) is 0 Å². The number of carbonyl (C=O) groups is 4. The molecule has 4 aromatic rings. The quantitative estimate of drug-likeness (QED) is 0.0161. The minimum atomic E-state index is -4.63. The number of benzene rings is 2. The van der Waals surface area contributed by atoms with E-state index in [1.165, 1.54) is 70.6 Å². The van der Waals surface area contributed by atoms with Gasteiger partial charge in [0.2, 0.25) is 11.8 Å². The van der Waals surface area contributed by atoms with E-state index in [0.717, 1.165) is 59.6 Å². The van der Waals surface area contributed by atoms with E-state index in [-0.39, 0.29) is 65.1 Å². The number of pyridine rings is 1. The van der Waals surface area contributed by atoms with Crippen LogP contribution in [0, 0.1) is 0 Å². The summed E-state index contributed by atoms with van der Waals surface area (Å²) in [4.78, 5) is 71.7. The molecular weight excluding hydrogens is 1000 g/mol. The minimum Gasteiger partial charge on any atom is -0.475 e. The van der Waals surface area contributed by atoms with E-state index in [0.29, 0.717) is 32.1 Å². The van der Waals surface area contributed by atoms with Crippen molar-refractivity contribution in [2.75, 3.05) is 85.8 Å². The predicted molar refractivity (Wildman–Crippen MR) is 286 cm³/mol. The Labute approximate surface area is 447 Å². The second-order valence-electron chi connectivity index (χ2n) is 17.9. The molecule has 420 valence electrons. The molecule has 0 aliphatic carbocycles. The summed E-state index contributed by atoms with van der Waals surface area (Å²) < 4.78 is 59.8. The zero-order valence-electron chi connectivity index (χ0n) is 44.5. The van der Waals surface area contributed by atoms with Crippen LogP contribution in [0.25, 0.3) is 33.4 Å². The van der Waals surface area contributed by atoms with Crippen molar-refractivity contribution in [3.8, 4) is 28.3 Å². The number of hydrogen-bond donors (Lipinski definition) is 3. The summed E-state index contributed by atoms with van der Waals surface area (Å²) in [5.41, 5.74) is 5.21. The fourth-order valence-electron chi connectivity index (χ4n) is 7.66. The zero-order valence-corrected chi connectivity index (χ0v) is 45.4. The summed E-state index contributed by atoms with van der Waals surface area (Å²) in [7, 11) is -4.63. The van der Waals surface area contributed by atoms with Crippen LogP contribution in [-0.4, -0.2) is 136 Å². The van der Waals surface area contributed by atoms with Gasteiger partial charge in [-0.3, -0.25) is 28.4 Å². The van der Waals surface area contributed by atoms with Gasteiger partial charge in [-0.05, 0) is 36.2 Å². The van der Waals surface area contributed by atoms with Gasteiger partial charge in [0.05, 0.1) is 69.2 Å². The van der Waals surface area contributed by atoms with Crippen LogP contribution in [0.2, 0.25) is 0 Å². The van der Waals surface area contributed by atoms with E-state index in [2.05, 4.69) is 27.5 Å². The Kier molecular flexibility index (Phi) is 32.2. The molecule has 0 aliphatic rings. The van der Waals surface area contributed by atoms with Crippen molar-refractivity contribution in [3.05, 3.63) is 73.1 Å². The number of fused-ring (bicyclic) bond motifs is 1. The number of phosphoric ester groups is 1. The summed E-state index contributed by atoms with van der Waals surface area (Å²) in [6, 6.07) is 19.6. The molecule has 0 aliphatic heterocycles. The lowest BCUT2D eigenvalue weighted by Crippen LogP contribution is -2.32. The number of aromatic nitrogens is 3. The SMILES string of the molecule is CCCCCCCCCCCCCCCCCC(=O)OCC(COP(=O)(O)OCCNC(=O)OCCOCC(=O)NCCOCCOCCOc1ncccc1-c1ccc(-c2cnc3ccccc3n2)cc1)OC(C)=O. The highest BCUT2D eigenvalue weighted by atomic mass is 31.2. The second kappa shape index (κ2) is 38.9. The molecule has 4 rings (SSSR count). The number of hydrogen-bond acceptors (Lipinski definition) is 17. The zero-order chi connectivity index (χ0) is 54.3. The third kappa shape index (κ3) is 28.5. The molecule has 76 heavy (non-hydrogen) atoms. The first-order chi connectivity index (χ1) is 37.0. The van der Waals surface area contributed by atoms with Crippen molar-refractivity contribution in [2.45, 2.75) is 123 Å². The molecule has 2 amide bonds. The van der Waals surface area contributed by atoms with Crippen LogP contribution in [0.3, 0.4) is 0 Å². The van der Waals surface area contributed by atoms with Crippen molar-refractivity contribution in [3.63, 3.8) is 0 Å². The Balaban J connectivity index is 0.921. The molecule has 2 aromatic carbocycles. The molecule has 2 atom stereocenters. The van der Waals surface area contributed by atoms with Gasteiger partial charge in [-0.2, -0.15) is 0 Å². The molecule has 0 saturated carbocycles. The largest absolute Gasteiger partial charge is 0.475 e. The van der Waals surface area contributed by atoms with Crippen LogP contribution < -0.4 is 15.4 Å². The standard InChI is InChI=1S/C55H80N5O15P/c1-3-4-5-6-7-8-9-10-11-12-13-14-15-16-17-24-53(63)72-41-47(75-44(2)61)42-74-76(65,66)73-33-31-58-55(64)71-39-37-69-43-52(62)56-30-32-67-34-35-68-36-38-70-54-48(21-20-29-57-54)45-25-27-46(28-26-45)51-40-59-49-22-18-19-23-50(49)60-51/h18-23,25-29,40,47H,3-17,24,30-39,41-43H2,1-2H3,(H,56,62)(H,58,64)(H,65,66). The summed E-state index contributed by atoms with van der Waals surface area (Å²) in [6.45, 7) is 3.07. The van der Waals surface area contributed by atoms with Gasteiger partial charge in [0.15, 0.2) is 6.10 Å². The molecule has 0 saturated heterocycles. The summed E-state index contributed by atoms with van der Waals surface area (Å²) in [6.07, 6.45) is 19.9. The first kappa shape index (κ1) is 62.9. The number of nitrogens with zero attached hydrogens (tertiary/aromatic N) is 3. The Morgan fingerprint density at radius 3 is 1.93 bits per heavy atom. The van der Waals surface area contributed by atoms with Gasteiger partial charge in [0.25, 0.3) is 0 Å². The van der Waals surface area contributed by atoms with Crippen LogP contribution >= 0.6 is 7.82 Å². The normalized spacial score (nSPS) is 12.4. The fraction of sp³-hybridized carbons (Fsp3) is 0.582. The van der Waals surface area contributed by atoms with Gasteiger partial charge in [0.1, 0.15) is 26.4 Å². The van der Waals surface area contributed by atoms with Crippen molar-refractivity contribution < 1.29 is 70.8 Å². The van der Waals surface area contributed by atoms with E-state index >= 15 is 0 Å². The molecule has 0 spiro atoms. The lowest BCUT2D eigenvalue weighted by atomic mass is 10.0. The van der Waals surface area contributed by atoms with E-state index in [1.807, 2.05) is 60.7 Å². The first-order valence-corrected chi connectivity index (χ1v) is 28.3. The van der Waals surface area contributed by atoms with Gasteiger partial charge in [-0.25, -0.2) is 19.3 Å². The molecule has 2 heterocycles. The molecule has 20 nitrogen and oxygen atoms in total. The maximum atomic E-state index is 12.4. The minimum absolute atomic E-state index is 0.0651. The third-order valence-corrected chi connectivity index (χ3v) is 12.6. The van der Waals surface area contributed by atoms with Crippen molar-refractivity contribution in [1.29, 1.82) is 0 Å². The molecule has 0 bridgehead atoms. The lowest BCUT2D eigenvalue weighted by Gasteiger charge is -2.19. The summed E-state index contributed by atoms with van der Waals surface area (Å²) >= 11 is 0. The Morgan fingerprint density at radius 1 is 0.618 bits per heavy atom. The number of nitrogens with one attached hydrogen (secondary N) is 2. The van der Waals surface area contributed by atoms with E-state index in [1.54, 1.807) is 12.4 Å². The van der Waals surface area contributed by atoms with Crippen LogP contribution in [0.5, 0.6) is 5.88 Å². The molecule has 2 unspecified atom stereocenters. The number of rotatable bonds is 43. The molecule has 21 heteroatoms. The number of unbranched alkanes of at least 4 members (excludes halogenated alkanes) is 14. The topological polar surface area (TPSA) is 251 Å². The van der Waals surface area contributed by atoms with Crippen molar-refractivity contribution >= 4 is 42.8 Å². The molecule has 0 radical (unpaired) electrons. The average Bonchev–Trinajstić information content (AvgIpc) is 3.42. The monoisotopic (exact) mass is 1080 g/mol. The average molecular weight is 1080 g/mol. The van der Waals surface area contributed by atoms with Gasteiger partial charge in [0, 0.05) is 43.8 Å². The summed E-state index contributed by atoms with van der Waals surface area (Å²) in [5, 5.41) is 5.00. The lowest BCUT2D eigenvalue weighted by molar-refractivity contribution is -0.159. The van der Waals surface area contributed by atoms with Gasteiger partial charge < -0.3 is 48.7 Å². The number of alkyl carbamates (subject to hydrolysis) is 1. The molecular formula is C55H80N5O15P. The highest BCUT2D eigenvalue weighted by Gasteiger charge is 2.26. The smallest absolute Gasteiger partial charge is 0.472 e. The van der Waals surface area contributed by atoms with Crippen LogP contribution in [0.4, 0.5) is 4.79 Å². The van der Waals surface area contributed by atoms with Crippen LogP contribution in [0.15, 0.2) is 73.1 Å². The number of phosphoric acid groups is 1. The maximum absolute atomic E-state index is 12.4. The van der Waals surface area contributed by atoms with Gasteiger partial charge >= 0.3 is 25.9 Å². The number of ether oxygens (including phenoxy) is 7. The molecule has 0 fully saturated rings. The number of esters is 2. The van der Waals surface area contributed by atoms with Crippen LogP contribution in [0.1, 0.15) is 117 Å². The van der Waals surface area contributed by atoms with Gasteiger partial charge in [-0.1, -0.05) is 133 Å². The number of carbonyl (C=O) groups excluding carboxylic acids is 4. The molecule has 3 N–H and O–H groups in total. The van der Waals surface area contributed by atoms with Crippen molar-refractivity contribution in [1.82, 2.24) is 25.6 Å². The first-order valence-electron chi connectivity index (χ1n) is 26.8.